The van der Waals surface area contributed by atoms with Crippen molar-refractivity contribution in [2.45, 2.75) is 30.4 Å². The standard InChI is InChI=1S/C15H17NO.C6H8O7/c16-15(13-9-5-2-6-10-13)14(11-17)12-7-3-1-4-8-12;7-3(8)1-6(13,5(11)12)2-4(9)10/h1-10,14-15,17H,11,16H2;13H,1-2H2,(H,7,8)(H,9,10)(H,11,12). The molecular weight excluding hydrogens is 394 g/mol. The van der Waals surface area contributed by atoms with E-state index in [1.807, 2.05) is 60.7 Å². The Hall–Kier alpha value is -3.27. The molecule has 2 unspecified atom stereocenters. The SMILES string of the molecule is NC(c1ccccc1)C(CO)c1ccccc1.O=C(O)CC(O)(CC(=O)O)C(=O)O. The Labute approximate surface area is 173 Å². The smallest absolute Gasteiger partial charge is 0.336 e. The molecule has 0 saturated carbocycles. The van der Waals surface area contributed by atoms with Crippen LogP contribution in [0, 0.1) is 0 Å². The first kappa shape index (κ1) is 24.8. The number of aliphatic hydroxyl groups is 2. The average molecular weight is 419 g/mol. The molecule has 0 fully saturated rings. The summed E-state index contributed by atoms with van der Waals surface area (Å²) >= 11 is 0. The Morgan fingerprint density at radius 2 is 1.20 bits per heavy atom. The maximum atomic E-state index is 10.3. The number of carbonyl (C=O) groups is 3. The van der Waals surface area contributed by atoms with Crippen LogP contribution < -0.4 is 5.73 Å². The number of carboxylic acids is 3. The first-order chi connectivity index (χ1) is 14.1. The Balaban J connectivity index is 0.000000314. The third-order valence-electron chi connectivity index (χ3n) is 4.33. The lowest BCUT2D eigenvalue weighted by Gasteiger charge is -2.22. The normalized spacial score (nSPS) is 12.8. The topological polar surface area (TPSA) is 178 Å². The van der Waals surface area contributed by atoms with E-state index in [1.54, 1.807) is 0 Å². The number of hydrogen-bond donors (Lipinski definition) is 6. The summed E-state index contributed by atoms with van der Waals surface area (Å²) < 4.78 is 0. The zero-order valence-electron chi connectivity index (χ0n) is 16.1. The van der Waals surface area contributed by atoms with Crippen molar-refractivity contribution >= 4 is 17.9 Å². The second-order valence-corrected chi connectivity index (χ2v) is 6.61. The first-order valence-corrected chi connectivity index (χ1v) is 8.96. The third-order valence-corrected chi connectivity index (χ3v) is 4.33. The quantitative estimate of drug-likeness (QED) is 0.348. The lowest BCUT2D eigenvalue weighted by molar-refractivity contribution is -0.170. The van der Waals surface area contributed by atoms with Crippen molar-refractivity contribution in [2.24, 2.45) is 5.73 Å². The van der Waals surface area contributed by atoms with E-state index >= 15 is 0 Å². The summed E-state index contributed by atoms with van der Waals surface area (Å²) in [5.41, 5.74) is 5.61. The molecule has 9 heteroatoms. The van der Waals surface area contributed by atoms with Crippen molar-refractivity contribution < 1.29 is 39.9 Å². The van der Waals surface area contributed by atoms with Crippen LogP contribution in [0.25, 0.3) is 0 Å². The van der Waals surface area contributed by atoms with E-state index in [-0.39, 0.29) is 18.6 Å². The van der Waals surface area contributed by atoms with Crippen LogP contribution in [0.5, 0.6) is 0 Å². The molecule has 0 aliphatic rings. The van der Waals surface area contributed by atoms with E-state index in [0.29, 0.717) is 0 Å². The van der Waals surface area contributed by atoms with Crippen molar-refractivity contribution in [3.63, 3.8) is 0 Å². The molecule has 0 heterocycles. The van der Waals surface area contributed by atoms with Crippen LogP contribution in [0.2, 0.25) is 0 Å². The highest BCUT2D eigenvalue weighted by Gasteiger charge is 2.40. The molecule has 30 heavy (non-hydrogen) atoms. The van der Waals surface area contributed by atoms with Crippen LogP contribution in [0.15, 0.2) is 60.7 Å². The molecule has 9 nitrogen and oxygen atoms in total. The molecule has 162 valence electrons. The molecule has 2 aromatic rings. The van der Waals surface area contributed by atoms with Crippen molar-refractivity contribution in [1.29, 1.82) is 0 Å². The van der Waals surface area contributed by atoms with Crippen LogP contribution in [0.4, 0.5) is 0 Å². The molecule has 0 aliphatic carbocycles. The number of aliphatic carboxylic acids is 3. The van der Waals surface area contributed by atoms with Gasteiger partial charge >= 0.3 is 17.9 Å². The Morgan fingerprint density at radius 1 is 0.800 bits per heavy atom. The predicted molar refractivity (Wildman–Crippen MR) is 107 cm³/mol. The van der Waals surface area contributed by atoms with Gasteiger partial charge in [0.25, 0.3) is 0 Å². The fourth-order valence-corrected chi connectivity index (χ4v) is 2.75. The molecule has 7 N–H and O–H groups in total. The minimum atomic E-state index is -2.74. The summed E-state index contributed by atoms with van der Waals surface area (Å²) in [7, 11) is 0. The van der Waals surface area contributed by atoms with Gasteiger partial charge in [0, 0.05) is 12.0 Å². The fraction of sp³-hybridized carbons (Fsp3) is 0.286. The van der Waals surface area contributed by atoms with E-state index in [2.05, 4.69) is 0 Å². The average Bonchev–Trinajstić information content (AvgIpc) is 2.69. The van der Waals surface area contributed by atoms with Crippen molar-refractivity contribution in [3.05, 3.63) is 71.8 Å². The molecule has 2 aromatic carbocycles. The number of benzene rings is 2. The summed E-state index contributed by atoms with van der Waals surface area (Å²) in [5, 5.41) is 43.3. The van der Waals surface area contributed by atoms with Gasteiger partial charge in [0.1, 0.15) is 0 Å². The van der Waals surface area contributed by atoms with E-state index in [4.69, 9.17) is 26.2 Å². The van der Waals surface area contributed by atoms with Gasteiger partial charge in [-0.2, -0.15) is 0 Å². The zero-order valence-corrected chi connectivity index (χ0v) is 16.1. The van der Waals surface area contributed by atoms with Crippen molar-refractivity contribution in [1.82, 2.24) is 0 Å². The number of carboxylic acid groups (broad SMARTS) is 3. The zero-order chi connectivity index (χ0) is 22.7. The van der Waals surface area contributed by atoms with Crippen LogP contribution >= 0.6 is 0 Å². The van der Waals surface area contributed by atoms with Crippen LogP contribution in [-0.2, 0) is 14.4 Å². The predicted octanol–water partition coefficient (Wildman–Crippen LogP) is 1.21. The van der Waals surface area contributed by atoms with Gasteiger partial charge in [-0.05, 0) is 11.1 Å². The third kappa shape index (κ3) is 7.63. The molecule has 0 aliphatic heterocycles. The van der Waals surface area contributed by atoms with Crippen LogP contribution in [0.1, 0.15) is 35.9 Å². The summed E-state index contributed by atoms with van der Waals surface area (Å²) in [6.45, 7) is 0.0556. The first-order valence-electron chi connectivity index (χ1n) is 8.96. The number of aliphatic hydroxyl groups excluding tert-OH is 1. The molecule has 0 amide bonds. The van der Waals surface area contributed by atoms with Gasteiger partial charge in [0.2, 0.25) is 0 Å². The second kappa shape index (κ2) is 11.7. The number of rotatable bonds is 9. The van der Waals surface area contributed by atoms with Crippen LogP contribution in [-0.4, -0.2) is 55.6 Å². The minimum absolute atomic E-state index is 0.0556. The molecule has 0 radical (unpaired) electrons. The van der Waals surface area contributed by atoms with E-state index in [1.165, 1.54) is 0 Å². The van der Waals surface area contributed by atoms with Gasteiger partial charge in [-0.3, -0.25) is 9.59 Å². The van der Waals surface area contributed by atoms with E-state index in [9.17, 15) is 19.5 Å². The Kier molecular flexibility index (Phi) is 9.63. The lowest BCUT2D eigenvalue weighted by atomic mass is 9.88. The van der Waals surface area contributed by atoms with E-state index < -0.39 is 36.4 Å². The van der Waals surface area contributed by atoms with Crippen molar-refractivity contribution in [3.8, 4) is 0 Å². The summed E-state index contributed by atoms with van der Waals surface area (Å²) in [4.78, 5) is 30.5. The van der Waals surface area contributed by atoms with E-state index in [0.717, 1.165) is 11.1 Å². The Morgan fingerprint density at radius 3 is 1.53 bits per heavy atom. The monoisotopic (exact) mass is 419 g/mol. The van der Waals surface area contributed by atoms with Gasteiger partial charge in [0.05, 0.1) is 19.4 Å². The van der Waals surface area contributed by atoms with Gasteiger partial charge in [-0.1, -0.05) is 60.7 Å². The molecule has 0 aromatic heterocycles. The molecule has 0 saturated heterocycles. The fourth-order valence-electron chi connectivity index (χ4n) is 2.75. The lowest BCUT2D eigenvalue weighted by Crippen LogP contribution is -2.42. The highest BCUT2D eigenvalue weighted by atomic mass is 16.4. The maximum Gasteiger partial charge on any atom is 0.336 e. The highest BCUT2D eigenvalue weighted by molar-refractivity contribution is 5.88. The second-order valence-electron chi connectivity index (χ2n) is 6.61. The number of nitrogens with two attached hydrogens (primary N) is 1. The molecule has 0 bridgehead atoms. The molecule has 0 spiro atoms. The molecular formula is C21H25NO8. The summed E-state index contributed by atoms with van der Waals surface area (Å²) in [6, 6.07) is 19.6. The molecule has 2 rings (SSSR count). The van der Waals surface area contributed by atoms with Gasteiger partial charge in [-0.15, -0.1) is 0 Å². The summed E-state index contributed by atoms with van der Waals surface area (Å²) in [6.07, 6.45) is -2.29. The van der Waals surface area contributed by atoms with Crippen LogP contribution in [0.3, 0.4) is 0 Å². The van der Waals surface area contributed by atoms with Gasteiger partial charge in [0.15, 0.2) is 5.60 Å². The maximum absolute atomic E-state index is 10.3. The van der Waals surface area contributed by atoms with Gasteiger partial charge in [-0.25, -0.2) is 4.79 Å². The van der Waals surface area contributed by atoms with Crippen molar-refractivity contribution in [2.75, 3.05) is 6.61 Å². The Bertz CT molecular complexity index is 809. The summed E-state index contributed by atoms with van der Waals surface area (Å²) in [5.74, 6) is -5.08. The minimum Gasteiger partial charge on any atom is -0.481 e. The number of hydrogen-bond acceptors (Lipinski definition) is 6. The van der Waals surface area contributed by atoms with Gasteiger partial charge < -0.3 is 31.3 Å². The largest absolute Gasteiger partial charge is 0.481 e. The highest BCUT2D eigenvalue weighted by Crippen LogP contribution is 2.28. The molecule has 2 atom stereocenters.